The van der Waals surface area contributed by atoms with Crippen molar-refractivity contribution in [3.63, 3.8) is 0 Å². The maximum Gasteiger partial charge on any atom is 0.494 e. The fraction of sp³-hybridized carbons (Fsp3) is 0.938. The van der Waals surface area contributed by atoms with E-state index in [1.54, 1.807) is 0 Å². The van der Waals surface area contributed by atoms with Crippen LogP contribution in [-0.2, 0) is 9.16 Å². The first kappa shape index (κ1) is 19.5. The number of hydrogen-bond acceptors (Lipinski definition) is 3. The van der Waals surface area contributed by atoms with Crippen LogP contribution in [0.5, 0.6) is 0 Å². The summed E-state index contributed by atoms with van der Waals surface area (Å²) in [5, 5.41) is 0. The quantitative estimate of drug-likeness (QED) is 0.256. The summed E-state index contributed by atoms with van der Waals surface area (Å²) in [5.41, 5.74) is 0. The Morgan fingerprint density at radius 1 is 0.800 bits per heavy atom. The van der Waals surface area contributed by atoms with Crippen LogP contribution in [0.15, 0.2) is 0 Å². The van der Waals surface area contributed by atoms with Crippen LogP contribution in [0, 0.1) is 0 Å². The van der Waals surface area contributed by atoms with Gasteiger partial charge in [0.1, 0.15) is 0 Å². The van der Waals surface area contributed by atoms with E-state index in [0.29, 0.717) is 6.61 Å². The molecule has 0 aromatic carbocycles. The molecule has 3 nitrogen and oxygen atoms in total. The monoisotopic (exact) mass is 302 g/mol. The van der Waals surface area contributed by atoms with Gasteiger partial charge in [-0.15, -0.1) is 0 Å². The topological polar surface area (TPSA) is 35.5 Å². The zero-order chi connectivity index (χ0) is 15.3. The van der Waals surface area contributed by atoms with Gasteiger partial charge in [0.2, 0.25) is 0 Å². The molecule has 0 fully saturated rings. The maximum atomic E-state index is 11.3. The third-order valence-corrected chi connectivity index (χ3v) is 3.89. The fourth-order valence-corrected chi connectivity index (χ4v) is 2.58. The molecular formula is C16H34O3Si. The highest BCUT2D eigenvalue weighted by molar-refractivity contribution is 6.71. The SMILES string of the molecule is CCCCCCCCCCCCOC(=O)O[Si](C)(C)C. The van der Waals surface area contributed by atoms with Gasteiger partial charge in [-0.3, -0.25) is 0 Å². The minimum atomic E-state index is -1.80. The van der Waals surface area contributed by atoms with E-state index < -0.39 is 14.5 Å². The highest BCUT2D eigenvalue weighted by atomic mass is 28.4. The van der Waals surface area contributed by atoms with Gasteiger partial charge in [0.05, 0.1) is 6.61 Å². The molecule has 120 valence electrons. The Kier molecular flexibility index (Phi) is 11.9. The number of rotatable bonds is 12. The van der Waals surface area contributed by atoms with Crippen LogP contribution >= 0.6 is 0 Å². The van der Waals surface area contributed by atoms with E-state index >= 15 is 0 Å². The molecule has 0 aromatic heterocycles. The number of carbonyl (C=O) groups excluding carboxylic acids is 1. The fourth-order valence-electron chi connectivity index (χ4n) is 2.02. The van der Waals surface area contributed by atoms with Crippen molar-refractivity contribution in [1.82, 2.24) is 0 Å². The summed E-state index contributed by atoms with van der Waals surface area (Å²) in [7, 11) is -1.80. The zero-order valence-corrected chi connectivity index (χ0v) is 15.0. The summed E-state index contributed by atoms with van der Waals surface area (Å²) in [6.07, 6.45) is 12.4. The highest BCUT2D eigenvalue weighted by Crippen LogP contribution is 2.11. The van der Waals surface area contributed by atoms with Gasteiger partial charge >= 0.3 is 6.16 Å². The molecular weight excluding hydrogens is 268 g/mol. The second-order valence-corrected chi connectivity index (χ2v) is 10.9. The molecule has 0 unspecified atom stereocenters. The molecule has 0 saturated heterocycles. The van der Waals surface area contributed by atoms with Gasteiger partial charge in [-0.2, -0.15) is 0 Å². The van der Waals surface area contributed by atoms with Gasteiger partial charge < -0.3 is 9.16 Å². The van der Waals surface area contributed by atoms with Crippen molar-refractivity contribution >= 4 is 14.5 Å². The second-order valence-electron chi connectivity index (χ2n) is 6.49. The summed E-state index contributed by atoms with van der Waals surface area (Å²) in [4.78, 5) is 11.3. The van der Waals surface area contributed by atoms with Crippen LogP contribution < -0.4 is 0 Å². The molecule has 0 aliphatic rings. The average Bonchev–Trinajstić information content (AvgIpc) is 2.34. The van der Waals surface area contributed by atoms with E-state index in [1.165, 1.54) is 51.4 Å². The first-order chi connectivity index (χ1) is 9.45. The van der Waals surface area contributed by atoms with Crippen molar-refractivity contribution in [3.05, 3.63) is 0 Å². The normalized spacial score (nSPS) is 11.4. The molecule has 0 bridgehead atoms. The molecule has 20 heavy (non-hydrogen) atoms. The molecule has 0 rings (SSSR count). The predicted molar refractivity (Wildman–Crippen MR) is 87.6 cm³/mol. The molecule has 0 atom stereocenters. The maximum absolute atomic E-state index is 11.3. The van der Waals surface area contributed by atoms with Crippen LogP contribution in [0.1, 0.15) is 71.1 Å². The molecule has 0 aliphatic carbocycles. The predicted octanol–water partition coefficient (Wildman–Crippen LogP) is 5.90. The zero-order valence-electron chi connectivity index (χ0n) is 14.0. The van der Waals surface area contributed by atoms with E-state index in [-0.39, 0.29) is 0 Å². The Bertz CT molecular complexity index is 236. The number of carbonyl (C=O) groups is 1. The number of ether oxygens (including phenoxy) is 1. The van der Waals surface area contributed by atoms with E-state index in [1.807, 2.05) is 19.6 Å². The van der Waals surface area contributed by atoms with Gasteiger partial charge in [0.15, 0.2) is 0 Å². The summed E-state index contributed by atoms with van der Waals surface area (Å²) in [6.45, 7) is 8.69. The van der Waals surface area contributed by atoms with Crippen molar-refractivity contribution in [2.45, 2.75) is 90.8 Å². The van der Waals surface area contributed by atoms with Crippen molar-refractivity contribution in [2.24, 2.45) is 0 Å². The first-order valence-corrected chi connectivity index (χ1v) is 11.7. The molecule has 4 heteroatoms. The lowest BCUT2D eigenvalue weighted by molar-refractivity contribution is 0.0953. The first-order valence-electron chi connectivity index (χ1n) is 8.31. The van der Waals surface area contributed by atoms with Crippen LogP contribution in [0.2, 0.25) is 19.6 Å². The molecule has 0 spiro atoms. The van der Waals surface area contributed by atoms with Crippen molar-refractivity contribution in [2.75, 3.05) is 6.61 Å². The molecule has 0 aromatic rings. The Morgan fingerprint density at radius 2 is 1.25 bits per heavy atom. The van der Waals surface area contributed by atoms with Crippen LogP contribution in [0.3, 0.4) is 0 Å². The van der Waals surface area contributed by atoms with Crippen LogP contribution in [0.25, 0.3) is 0 Å². The van der Waals surface area contributed by atoms with E-state index in [9.17, 15) is 4.79 Å². The Hall–Kier alpha value is -0.513. The van der Waals surface area contributed by atoms with Gasteiger partial charge in [-0.1, -0.05) is 64.7 Å². The lowest BCUT2D eigenvalue weighted by Gasteiger charge is -2.16. The molecule has 0 aliphatic heterocycles. The van der Waals surface area contributed by atoms with Gasteiger partial charge in [-0.05, 0) is 26.1 Å². The largest absolute Gasteiger partial charge is 0.494 e. The molecule has 0 N–H and O–H groups in total. The second kappa shape index (κ2) is 12.2. The summed E-state index contributed by atoms with van der Waals surface area (Å²) in [6, 6.07) is 0. The third kappa shape index (κ3) is 15.5. The third-order valence-electron chi connectivity index (χ3n) is 3.11. The number of hydrogen-bond donors (Lipinski definition) is 0. The Labute approximate surface area is 126 Å². The van der Waals surface area contributed by atoms with Crippen LogP contribution in [0.4, 0.5) is 4.79 Å². The van der Waals surface area contributed by atoms with Gasteiger partial charge in [-0.25, -0.2) is 4.79 Å². The van der Waals surface area contributed by atoms with Gasteiger partial charge in [0, 0.05) is 0 Å². The van der Waals surface area contributed by atoms with Crippen molar-refractivity contribution in [3.8, 4) is 0 Å². The highest BCUT2D eigenvalue weighted by Gasteiger charge is 2.20. The summed E-state index contributed by atoms with van der Waals surface area (Å²) < 4.78 is 10.3. The van der Waals surface area contributed by atoms with Crippen molar-refractivity contribution in [1.29, 1.82) is 0 Å². The lowest BCUT2D eigenvalue weighted by Crippen LogP contribution is -2.29. The van der Waals surface area contributed by atoms with Crippen molar-refractivity contribution < 1.29 is 14.0 Å². The molecule has 0 radical (unpaired) electrons. The lowest BCUT2D eigenvalue weighted by atomic mass is 10.1. The van der Waals surface area contributed by atoms with E-state index in [0.717, 1.165) is 12.8 Å². The molecule has 0 heterocycles. The minimum absolute atomic E-state index is 0.486. The smallest absolute Gasteiger partial charge is 0.490 e. The van der Waals surface area contributed by atoms with Gasteiger partial charge in [0.25, 0.3) is 8.32 Å². The number of unbranched alkanes of at least 4 members (excludes halogenated alkanes) is 9. The molecule has 0 saturated carbocycles. The minimum Gasteiger partial charge on any atom is -0.490 e. The van der Waals surface area contributed by atoms with Crippen LogP contribution in [-0.4, -0.2) is 21.1 Å². The summed E-state index contributed by atoms with van der Waals surface area (Å²) >= 11 is 0. The Balaban J connectivity index is 3.19. The van der Waals surface area contributed by atoms with E-state index in [4.69, 9.17) is 9.16 Å². The standard InChI is InChI=1S/C16H34O3Si/c1-5-6-7-8-9-10-11-12-13-14-15-18-16(17)19-20(2,3)4/h5-15H2,1-4H3. The molecule has 0 amide bonds. The Morgan fingerprint density at radius 3 is 1.70 bits per heavy atom. The van der Waals surface area contributed by atoms with E-state index in [2.05, 4.69) is 6.92 Å². The average molecular weight is 303 g/mol. The summed E-state index contributed by atoms with van der Waals surface area (Å²) in [5.74, 6) is 0.